The highest BCUT2D eigenvalue weighted by Crippen LogP contribution is 2.37. The second-order valence-electron chi connectivity index (χ2n) is 4.16. The largest absolute Gasteiger partial charge is 0.508 e. The Morgan fingerprint density at radius 1 is 1.33 bits per heavy atom. The van der Waals surface area contributed by atoms with E-state index in [4.69, 9.17) is 0 Å². The highest BCUT2D eigenvalue weighted by Gasteiger charge is 2.26. The molecule has 1 N–H and O–H groups in total. The molecule has 0 bridgehead atoms. The third-order valence-corrected chi connectivity index (χ3v) is 3.43. The zero-order valence-corrected chi connectivity index (χ0v) is 9.53. The molecule has 0 spiro atoms. The predicted octanol–water partition coefficient (Wildman–Crippen LogP) is 2.72. The second kappa shape index (κ2) is 4.23. The van der Waals surface area contributed by atoms with Gasteiger partial charge in [0.2, 0.25) is 0 Å². The molecule has 1 aromatic rings. The van der Waals surface area contributed by atoms with Gasteiger partial charge in [0.05, 0.1) is 0 Å². The number of fused-ring (bicyclic) bond motifs is 1. The molecule has 0 fully saturated rings. The van der Waals surface area contributed by atoms with Crippen molar-refractivity contribution in [2.24, 2.45) is 0 Å². The molecule has 0 amide bonds. The van der Waals surface area contributed by atoms with Crippen LogP contribution in [0, 0.1) is 0 Å². The van der Waals surface area contributed by atoms with Crippen molar-refractivity contribution in [1.29, 1.82) is 0 Å². The summed E-state index contributed by atoms with van der Waals surface area (Å²) in [4.78, 5) is 2.46. The van der Waals surface area contributed by atoms with Gasteiger partial charge < -0.3 is 5.11 Å². The van der Waals surface area contributed by atoms with Crippen LogP contribution in [0.1, 0.15) is 37.4 Å². The topological polar surface area (TPSA) is 23.5 Å². The Labute approximate surface area is 91.5 Å². The lowest BCUT2D eigenvalue weighted by Crippen LogP contribution is -2.26. The maximum absolute atomic E-state index is 9.52. The van der Waals surface area contributed by atoms with Gasteiger partial charge in [0.15, 0.2) is 0 Å². The fourth-order valence-electron chi connectivity index (χ4n) is 2.61. The molecule has 1 aliphatic rings. The van der Waals surface area contributed by atoms with E-state index in [2.05, 4.69) is 24.8 Å². The lowest BCUT2D eigenvalue weighted by atomic mass is 10.1. The molecule has 0 heterocycles. The highest BCUT2D eigenvalue weighted by atomic mass is 16.3. The Hall–Kier alpha value is -1.02. The van der Waals surface area contributed by atoms with Crippen LogP contribution < -0.4 is 0 Å². The summed E-state index contributed by atoms with van der Waals surface area (Å²) >= 11 is 0. The SMILES string of the molecule is CCN(CC)C1CCc2ccc(O)cc21. The molecule has 82 valence electrons. The molecule has 0 saturated heterocycles. The Kier molecular flexibility index (Phi) is 2.96. The van der Waals surface area contributed by atoms with Gasteiger partial charge in [0.1, 0.15) is 5.75 Å². The second-order valence-corrected chi connectivity index (χ2v) is 4.16. The van der Waals surface area contributed by atoms with Crippen LogP contribution in [0.15, 0.2) is 18.2 Å². The van der Waals surface area contributed by atoms with Crippen molar-refractivity contribution in [3.8, 4) is 5.75 Å². The smallest absolute Gasteiger partial charge is 0.115 e. The molecule has 0 saturated carbocycles. The average Bonchev–Trinajstić information content (AvgIpc) is 2.64. The van der Waals surface area contributed by atoms with Crippen LogP contribution in [0.4, 0.5) is 0 Å². The lowest BCUT2D eigenvalue weighted by Gasteiger charge is -2.26. The highest BCUT2D eigenvalue weighted by molar-refractivity contribution is 5.40. The van der Waals surface area contributed by atoms with Gasteiger partial charge in [-0.1, -0.05) is 19.9 Å². The third kappa shape index (κ3) is 1.86. The Morgan fingerprint density at radius 3 is 2.73 bits per heavy atom. The summed E-state index contributed by atoms with van der Waals surface area (Å²) in [5.41, 5.74) is 2.74. The van der Waals surface area contributed by atoms with Gasteiger partial charge in [-0.3, -0.25) is 4.90 Å². The molecule has 1 aliphatic carbocycles. The maximum Gasteiger partial charge on any atom is 0.115 e. The van der Waals surface area contributed by atoms with E-state index in [1.807, 2.05) is 6.07 Å². The van der Waals surface area contributed by atoms with Gasteiger partial charge in [0.25, 0.3) is 0 Å². The van der Waals surface area contributed by atoms with E-state index in [1.165, 1.54) is 17.5 Å². The number of aryl methyl sites for hydroxylation is 1. The first-order chi connectivity index (χ1) is 7.26. The van der Waals surface area contributed by atoms with E-state index >= 15 is 0 Å². The van der Waals surface area contributed by atoms with Gasteiger partial charge in [-0.25, -0.2) is 0 Å². The molecule has 15 heavy (non-hydrogen) atoms. The normalized spacial score (nSPS) is 19.5. The summed E-state index contributed by atoms with van der Waals surface area (Å²) in [5.74, 6) is 0.396. The summed E-state index contributed by atoms with van der Waals surface area (Å²) in [6.07, 6.45) is 2.34. The summed E-state index contributed by atoms with van der Waals surface area (Å²) in [7, 11) is 0. The standard InChI is InChI=1S/C13H19NO/c1-3-14(4-2)13-8-6-10-5-7-11(15)9-12(10)13/h5,7,9,13,15H,3-4,6,8H2,1-2H3. The zero-order chi connectivity index (χ0) is 10.8. The number of nitrogens with zero attached hydrogens (tertiary/aromatic N) is 1. The van der Waals surface area contributed by atoms with Crippen molar-refractivity contribution in [2.45, 2.75) is 32.7 Å². The quantitative estimate of drug-likeness (QED) is 0.820. The van der Waals surface area contributed by atoms with Gasteiger partial charge in [-0.15, -0.1) is 0 Å². The van der Waals surface area contributed by atoms with Gasteiger partial charge in [-0.2, -0.15) is 0 Å². The summed E-state index contributed by atoms with van der Waals surface area (Å²) in [6.45, 7) is 6.56. The summed E-state index contributed by atoms with van der Waals surface area (Å²) in [6, 6.07) is 6.31. The van der Waals surface area contributed by atoms with Crippen LogP contribution in [0.3, 0.4) is 0 Å². The van der Waals surface area contributed by atoms with E-state index < -0.39 is 0 Å². The minimum atomic E-state index is 0.396. The van der Waals surface area contributed by atoms with E-state index in [0.29, 0.717) is 11.8 Å². The monoisotopic (exact) mass is 205 g/mol. The number of phenols is 1. The summed E-state index contributed by atoms with van der Waals surface area (Å²) < 4.78 is 0. The van der Waals surface area contributed by atoms with Crippen LogP contribution in [0.5, 0.6) is 5.75 Å². The van der Waals surface area contributed by atoms with Crippen molar-refractivity contribution < 1.29 is 5.11 Å². The van der Waals surface area contributed by atoms with Crippen LogP contribution in [0.25, 0.3) is 0 Å². The zero-order valence-electron chi connectivity index (χ0n) is 9.53. The number of benzene rings is 1. The molecule has 1 atom stereocenters. The molecule has 0 radical (unpaired) electrons. The van der Waals surface area contributed by atoms with Gasteiger partial charge >= 0.3 is 0 Å². The average molecular weight is 205 g/mol. The minimum Gasteiger partial charge on any atom is -0.508 e. The van der Waals surface area contributed by atoms with Crippen molar-refractivity contribution in [1.82, 2.24) is 4.90 Å². The molecular formula is C13H19NO. The third-order valence-electron chi connectivity index (χ3n) is 3.43. The van der Waals surface area contributed by atoms with E-state index in [9.17, 15) is 5.11 Å². The van der Waals surface area contributed by atoms with Crippen LogP contribution in [-0.2, 0) is 6.42 Å². The molecule has 2 nitrogen and oxygen atoms in total. The maximum atomic E-state index is 9.52. The lowest BCUT2D eigenvalue weighted by molar-refractivity contribution is 0.218. The molecule has 0 aromatic heterocycles. The number of rotatable bonds is 3. The number of hydrogen-bond donors (Lipinski definition) is 1. The van der Waals surface area contributed by atoms with Crippen LogP contribution in [0.2, 0.25) is 0 Å². The number of aromatic hydroxyl groups is 1. The molecule has 1 unspecified atom stereocenters. The molecule has 0 aliphatic heterocycles. The van der Waals surface area contributed by atoms with Crippen LogP contribution in [-0.4, -0.2) is 23.1 Å². The van der Waals surface area contributed by atoms with Crippen molar-refractivity contribution in [3.05, 3.63) is 29.3 Å². The van der Waals surface area contributed by atoms with Gasteiger partial charge in [-0.05, 0) is 49.2 Å². The Morgan fingerprint density at radius 2 is 2.07 bits per heavy atom. The molecular weight excluding hydrogens is 186 g/mol. The van der Waals surface area contributed by atoms with Crippen molar-refractivity contribution >= 4 is 0 Å². The fraction of sp³-hybridized carbons (Fsp3) is 0.538. The van der Waals surface area contributed by atoms with Gasteiger partial charge in [0, 0.05) is 6.04 Å². The minimum absolute atomic E-state index is 0.396. The predicted molar refractivity (Wildman–Crippen MR) is 62.1 cm³/mol. The van der Waals surface area contributed by atoms with Crippen molar-refractivity contribution in [3.63, 3.8) is 0 Å². The summed E-state index contributed by atoms with van der Waals surface area (Å²) in [5, 5.41) is 9.52. The van der Waals surface area contributed by atoms with E-state index in [-0.39, 0.29) is 0 Å². The Bertz CT molecular complexity index is 344. The molecule has 1 aromatic carbocycles. The fourth-order valence-corrected chi connectivity index (χ4v) is 2.61. The Balaban J connectivity index is 2.30. The molecule has 2 rings (SSSR count). The van der Waals surface area contributed by atoms with Crippen molar-refractivity contribution in [2.75, 3.05) is 13.1 Å². The van der Waals surface area contributed by atoms with E-state index in [0.717, 1.165) is 19.5 Å². The number of hydrogen-bond acceptors (Lipinski definition) is 2. The molecule has 2 heteroatoms. The number of phenolic OH excluding ortho intramolecular Hbond substituents is 1. The first-order valence-corrected chi connectivity index (χ1v) is 5.82. The van der Waals surface area contributed by atoms with Crippen LogP contribution >= 0.6 is 0 Å². The first-order valence-electron chi connectivity index (χ1n) is 5.82. The first kappa shape index (κ1) is 10.5. The van der Waals surface area contributed by atoms with E-state index in [1.54, 1.807) is 6.07 Å².